The highest BCUT2D eigenvalue weighted by molar-refractivity contribution is 7.99. The van der Waals surface area contributed by atoms with Gasteiger partial charge in [0.25, 0.3) is 5.91 Å². The van der Waals surface area contributed by atoms with Crippen LogP contribution in [0, 0.1) is 6.92 Å². The number of carbonyl (C=O) groups excluding carboxylic acids is 3. The first kappa shape index (κ1) is 22.5. The Balaban J connectivity index is 1.36. The summed E-state index contributed by atoms with van der Waals surface area (Å²) in [4.78, 5) is 37.9. The van der Waals surface area contributed by atoms with Gasteiger partial charge in [0, 0.05) is 5.69 Å². The number of amides is 4. The van der Waals surface area contributed by atoms with E-state index in [9.17, 15) is 14.4 Å². The molecular weight excluding hydrogens is 440 g/mol. The molecule has 4 amide bonds. The van der Waals surface area contributed by atoms with E-state index in [1.807, 2.05) is 72.2 Å². The topological polar surface area (TPSA) is 109 Å². The number of para-hydroxylation sites is 1. The van der Waals surface area contributed by atoms with Gasteiger partial charge < -0.3 is 5.32 Å². The zero-order valence-corrected chi connectivity index (χ0v) is 19.1. The number of hydrogen-bond donors (Lipinski definition) is 2. The molecule has 4 rings (SSSR count). The molecule has 0 unspecified atom stereocenters. The molecule has 2 heterocycles. The predicted octanol–water partition coefficient (Wildman–Crippen LogP) is 2.64. The number of nitrogens with zero attached hydrogens (tertiary/aromatic N) is 4. The molecule has 1 fully saturated rings. The van der Waals surface area contributed by atoms with Crippen LogP contribution in [0.5, 0.6) is 0 Å². The van der Waals surface area contributed by atoms with E-state index in [2.05, 4.69) is 20.9 Å². The highest BCUT2D eigenvalue weighted by Gasteiger charge is 2.48. The fourth-order valence-electron chi connectivity index (χ4n) is 3.59. The van der Waals surface area contributed by atoms with Crippen LogP contribution < -0.4 is 10.7 Å². The minimum atomic E-state index is -1.09. The second-order valence-corrected chi connectivity index (χ2v) is 8.86. The van der Waals surface area contributed by atoms with Crippen LogP contribution in [0.2, 0.25) is 0 Å². The molecule has 0 aliphatic carbocycles. The largest absolute Gasteiger partial charge is 0.344 e. The monoisotopic (exact) mass is 464 g/mol. The minimum Gasteiger partial charge on any atom is -0.322 e. The van der Waals surface area contributed by atoms with Gasteiger partial charge in [0.15, 0.2) is 5.16 Å². The predicted molar refractivity (Wildman–Crippen MR) is 124 cm³/mol. The zero-order valence-electron chi connectivity index (χ0n) is 18.3. The lowest BCUT2D eigenvalue weighted by Gasteiger charge is -2.21. The Bertz CT molecular complexity index is 1170. The van der Waals surface area contributed by atoms with Gasteiger partial charge in [-0.3, -0.25) is 19.6 Å². The van der Waals surface area contributed by atoms with Gasteiger partial charge in [-0.15, -0.1) is 10.2 Å². The van der Waals surface area contributed by atoms with E-state index >= 15 is 0 Å². The van der Waals surface area contributed by atoms with Gasteiger partial charge in [0.2, 0.25) is 5.91 Å². The van der Waals surface area contributed by atoms with E-state index in [1.165, 1.54) is 11.8 Å². The van der Waals surface area contributed by atoms with E-state index in [4.69, 9.17) is 0 Å². The van der Waals surface area contributed by atoms with Crippen molar-refractivity contribution in [2.45, 2.75) is 37.4 Å². The number of carbonyl (C=O) groups is 3. The third-order valence-electron chi connectivity index (χ3n) is 5.40. The average Bonchev–Trinajstić information content (AvgIpc) is 3.29. The normalized spacial score (nSPS) is 17.8. The molecule has 33 heavy (non-hydrogen) atoms. The van der Waals surface area contributed by atoms with E-state index in [-0.39, 0.29) is 5.75 Å². The molecule has 1 aliphatic rings. The summed E-state index contributed by atoms with van der Waals surface area (Å²) in [5, 5.41) is 12.2. The van der Waals surface area contributed by atoms with Crippen LogP contribution in [0.25, 0.3) is 5.69 Å². The highest BCUT2D eigenvalue weighted by Crippen LogP contribution is 2.24. The third-order valence-corrected chi connectivity index (χ3v) is 6.32. The van der Waals surface area contributed by atoms with Gasteiger partial charge in [-0.2, -0.15) is 5.01 Å². The Morgan fingerprint density at radius 1 is 1.06 bits per heavy atom. The Morgan fingerprint density at radius 2 is 1.73 bits per heavy atom. The van der Waals surface area contributed by atoms with Gasteiger partial charge in [0.1, 0.15) is 11.4 Å². The SMILES string of the molecule is Cc1nnc(SCC(=O)NN2C(=O)N[C@](C)(CCc3ccccc3)C2=O)n1-c1ccccc1. The number of rotatable bonds is 8. The number of benzene rings is 2. The first-order valence-corrected chi connectivity index (χ1v) is 11.5. The lowest BCUT2D eigenvalue weighted by atomic mass is 9.93. The van der Waals surface area contributed by atoms with E-state index < -0.39 is 23.4 Å². The van der Waals surface area contributed by atoms with Crippen molar-refractivity contribution < 1.29 is 14.4 Å². The van der Waals surface area contributed by atoms with Crippen LogP contribution in [-0.4, -0.2) is 48.9 Å². The van der Waals surface area contributed by atoms with Gasteiger partial charge in [-0.1, -0.05) is 60.3 Å². The number of aryl methyl sites for hydroxylation is 2. The highest BCUT2D eigenvalue weighted by atomic mass is 32.2. The molecule has 9 nitrogen and oxygen atoms in total. The summed E-state index contributed by atoms with van der Waals surface area (Å²) in [6.07, 6.45) is 1.04. The Kier molecular flexibility index (Phi) is 6.45. The Hall–Kier alpha value is -3.66. The summed E-state index contributed by atoms with van der Waals surface area (Å²) >= 11 is 1.17. The van der Waals surface area contributed by atoms with E-state index in [0.717, 1.165) is 16.3 Å². The number of hydrogen-bond acceptors (Lipinski definition) is 6. The summed E-state index contributed by atoms with van der Waals surface area (Å²) in [5.41, 5.74) is 3.29. The van der Waals surface area contributed by atoms with Crippen molar-refractivity contribution in [1.82, 2.24) is 30.5 Å². The number of imide groups is 1. The van der Waals surface area contributed by atoms with Crippen LogP contribution in [0.15, 0.2) is 65.8 Å². The van der Waals surface area contributed by atoms with Gasteiger partial charge in [0.05, 0.1) is 5.75 Å². The Morgan fingerprint density at radius 3 is 2.42 bits per heavy atom. The van der Waals surface area contributed by atoms with E-state index in [1.54, 1.807) is 6.92 Å². The molecule has 170 valence electrons. The second kappa shape index (κ2) is 9.45. The lowest BCUT2D eigenvalue weighted by Crippen LogP contribution is -2.49. The van der Waals surface area contributed by atoms with Crippen molar-refractivity contribution in [3.63, 3.8) is 0 Å². The van der Waals surface area contributed by atoms with Crippen LogP contribution in [-0.2, 0) is 16.0 Å². The maximum absolute atomic E-state index is 12.9. The molecule has 0 bridgehead atoms. The van der Waals surface area contributed by atoms with Gasteiger partial charge >= 0.3 is 6.03 Å². The molecule has 0 saturated carbocycles. The second-order valence-electron chi connectivity index (χ2n) is 7.91. The zero-order chi connectivity index (χ0) is 23.4. The summed E-state index contributed by atoms with van der Waals surface area (Å²) < 4.78 is 1.84. The maximum Gasteiger partial charge on any atom is 0.344 e. The summed E-state index contributed by atoms with van der Waals surface area (Å²) in [6, 6.07) is 18.6. The van der Waals surface area contributed by atoms with Crippen LogP contribution in [0.3, 0.4) is 0 Å². The lowest BCUT2D eigenvalue weighted by molar-refractivity contribution is -0.138. The standard InChI is InChI=1S/C23H24N6O3S/c1-16-25-26-22(28(16)18-11-7-4-8-12-18)33-15-19(30)27-29-20(31)23(2,24-21(29)32)14-13-17-9-5-3-6-10-17/h3-12H,13-15H2,1-2H3,(H,24,32)(H,27,30)/t23-/m1/s1. The minimum absolute atomic E-state index is 0.0389. The van der Waals surface area contributed by atoms with Crippen LogP contribution in [0.4, 0.5) is 4.79 Å². The van der Waals surface area contributed by atoms with Gasteiger partial charge in [-0.25, -0.2) is 4.79 Å². The summed E-state index contributed by atoms with van der Waals surface area (Å²) in [6.45, 7) is 3.50. The molecule has 3 aromatic rings. The van der Waals surface area contributed by atoms with Crippen molar-refractivity contribution in [2.24, 2.45) is 0 Å². The van der Waals surface area contributed by atoms with Crippen molar-refractivity contribution in [2.75, 3.05) is 5.75 Å². The molecule has 1 aromatic heterocycles. The number of hydrazine groups is 1. The first-order valence-electron chi connectivity index (χ1n) is 10.5. The van der Waals surface area contributed by atoms with Crippen molar-refractivity contribution in [3.05, 3.63) is 72.1 Å². The molecule has 2 aromatic carbocycles. The fourth-order valence-corrected chi connectivity index (χ4v) is 4.38. The maximum atomic E-state index is 12.9. The fraction of sp³-hybridized carbons (Fsp3) is 0.261. The van der Waals surface area contributed by atoms with Crippen LogP contribution >= 0.6 is 11.8 Å². The molecule has 1 saturated heterocycles. The molecule has 1 atom stereocenters. The number of urea groups is 1. The average molecular weight is 465 g/mol. The van der Waals surface area contributed by atoms with Gasteiger partial charge in [-0.05, 0) is 44.4 Å². The smallest absolute Gasteiger partial charge is 0.322 e. The molecule has 10 heteroatoms. The number of aromatic nitrogens is 3. The summed E-state index contributed by atoms with van der Waals surface area (Å²) in [7, 11) is 0. The molecule has 0 radical (unpaired) electrons. The quantitative estimate of drug-likeness (QED) is 0.392. The number of thioether (sulfide) groups is 1. The first-order chi connectivity index (χ1) is 15.9. The third kappa shape index (κ3) is 4.90. The molecule has 2 N–H and O–H groups in total. The molecular formula is C23H24N6O3S. The van der Waals surface area contributed by atoms with Crippen molar-refractivity contribution in [3.8, 4) is 5.69 Å². The van der Waals surface area contributed by atoms with Crippen molar-refractivity contribution >= 4 is 29.6 Å². The molecule has 0 spiro atoms. The van der Waals surface area contributed by atoms with Crippen molar-refractivity contribution in [1.29, 1.82) is 0 Å². The van der Waals surface area contributed by atoms with E-state index in [0.29, 0.717) is 23.8 Å². The van der Waals surface area contributed by atoms with Crippen LogP contribution in [0.1, 0.15) is 24.7 Å². The summed E-state index contributed by atoms with van der Waals surface area (Å²) in [5.74, 6) is -0.323. The number of nitrogens with one attached hydrogen (secondary N) is 2. The Labute approximate surface area is 195 Å². The molecule has 1 aliphatic heterocycles.